The Hall–Kier alpha value is -0.340. The molecule has 0 amide bonds. The lowest BCUT2D eigenvalue weighted by molar-refractivity contribution is -0.343. The van der Waals surface area contributed by atoms with E-state index in [0.29, 0.717) is 0 Å². The topological polar surface area (TPSA) is 79.2 Å². The Morgan fingerprint density at radius 1 is 1.40 bits per heavy atom. The fourth-order valence-electron chi connectivity index (χ4n) is 1.37. The highest BCUT2D eigenvalue weighted by Gasteiger charge is 2.57. The summed E-state index contributed by atoms with van der Waals surface area (Å²) in [5.74, 6) is -3.69. The molecule has 1 aliphatic rings. The van der Waals surface area contributed by atoms with Crippen molar-refractivity contribution in [3.05, 3.63) is 0 Å². The van der Waals surface area contributed by atoms with Gasteiger partial charge in [-0.05, 0) is 6.92 Å². The molecule has 0 spiro atoms. The maximum Gasteiger partial charge on any atom is 0.304 e. The van der Waals surface area contributed by atoms with E-state index in [9.17, 15) is 13.9 Å². The average molecular weight is 228 g/mol. The first-order valence-electron chi connectivity index (χ1n) is 4.57. The van der Waals surface area contributed by atoms with E-state index in [0.717, 1.165) is 0 Å². The van der Waals surface area contributed by atoms with Gasteiger partial charge in [-0.3, -0.25) is 0 Å². The number of halogens is 2. The number of aliphatic hydroxyl groups is 3. The molecule has 3 N–H and O–H groups in total. The fraction of sp³-hybridized carbons (Fsp3) is 1.00. The van der Waals surface area contributed by atoms with Crippen LogP contribution in [0.1, 0.15) is 6.92 Å². The monoisotopic (exact) mass is 228 g/mol. The molecule has 7 heteroatoms. The molecule has 1 fully saturated rings. The molecular formula is C8H14F2O5. The van der Waals surface area contributed by atoms with Gasteiger partial charge in [0.25, 0.3) is 0 Å². The zero-order valence-electron chi connectivity index (χ0n) is 8.14. The SMILES string of the molecule is CCO[C@H]1O[C@H](CO)C(F)(F)[C@H](O)[C@@H]1O. The van der Waals surface area contributed by atoms with Gasteiger partial charge in [0.05, 0.1) is 6.61 Å². The minimum Gasteiger partial charge on any atom is -0.393 e. The van der Waals surface area contributed by atoms with Gasteiger partial charge in [0.15, 0.2) is 12.4 Å². The lowest BCUT2D eigenvalue weighted by atomic mass is 9.98. The van der Waals surface area contributed by atoms with E-state index < -0.39 is 37.1 Å². The third-order valence-corrected chi connectivity index (χ3v) is 2.22. The largest absolute Gasteiger partial charge is 0.393 e. The van der Waals surface area contributed by atoms with E-state index in [1.165, 1.54) is 0 Å². The summed E-state index contributed by atoms with van der Waals surface area (Å²) in [6.07, 6.45) is -7.35. The highest BCUT2D eigenvalue weighted by molar-refractivity contribution is 4.95. The van der Waals surface area contributed by atoms with Crippen LogP contribution in [0.4, 0.5) is 8.78 Å². The molecule has 5 nitrogen and oxygen atoms in total. The summed E-state index contributed by atoms with van der Waals surface area (Å²) < 4.78 is 35.8. The Morgan fingerprint density at radius 3 is 2.47 bits per heavy atom. The van der Waals surface area contributed by atoms with Gasteiger partial charge in [0.1, 0.15) is 12.2 Å². The lowest BCUT2D eigenvalue weighted by Crippen LogP contribution is -2.63. The van der Waals surface area contributed by atoms with Crippen LogP contribution in [0.2, 0.25) is 0 Å². The lowest BCUT2D eigenvalue weighted by Gasteiger charge is -2.41. The van der Waals surface area contributed by atoms with Crippen molar-refractivity contribution >= 4 is 0 Å². The second-order valence-electron chi connectivity index (χ2n) is 3.24. The van der Waals surface area contributed by atoms with Crippen LogP contribution < -0.4 is 0 Å². The van der Waals surface area contributed by atoms with Gasteiger partial charge < -0.3 is 24.8 Å². The van der Waals surface area contributed by atoms with Gasteiger partial charge in [0, 0.05) is 6.61 Å². The van der Waals surface area contributed by atoms with Crippen LogP contribution in [0.15, 0.2) is 0 Å². The van der Waals surface area contributed by atoms with Crippen molar-refractivity contribution in [3.63, 3.8) is 0 Å². The maximum atomic E-state index is 13.2. The van der Waals surface area contributed by atoms with Crippen LogP contribution >= 0.6 is 0 Å². The average Bonchev–Trinajstić information content (AvgIpc) is 2.19. The standard InChI is InChI=1S/C8H14F2O5/c1-2-14-7-5(12)6(13)8(9,10)4(3-11)15-7/h4-7,11-13H,2-3H2,1H3/t4-,5+,6-,7+/m1/s1. The summed E-state index contributed by atoms with van der Waals surface area (Å²) in [4.78, 5) is 0. The van der Waals surface area contributed by atoms with Crippen molar-refractivity contribution in [2.45, 2.75) is 37.4 Å². The zero-order valence-corrected chi connectivity index (χ0v) is 8.14. The Kier molecular flexibility index (Phi) is 3.96. The molecule has 0 saturated carbocycles. The normalized spacial score (nSPS) is 40.4. The van der Waals surface area contributed by atoms with Crippen LogP contribution in [0.3, 0.4) is 0 Å². The molecule has 0 bridgehead atoms. The van der Waals surface area contributed by atoms with Crippen LogP contribution in [-0.4, -0.2) is 59.1 Å². The first-order chi connectivity index (χ1) is 6.95. The van der Waals surface area contributed by atoms with E-state index in [1.54, 1.807) is 6.92 Å². The fourth-order valence-corrected chi connectivity index (χ4v) is 1.37. The van der Waals surface area contributed by atoms with Gasteiger partial charge in [-0.25, -0.2) is 8.78 Å². The Bertz CT molecular complexity index is 209. The smallest absolute Gasteiger partial charge is 0.304 e. The molecule has 1 saturated heterocycles. The first kappa shape index (κ1) is 12.7. The van der Waals surface area contributed by atoms with Crippen molar-refractivity contribution in [3.8, 4) is 0 Å². The highest BCUT2D eigenvalue weighted by Crippen LogP contribution is 2.34. The zero-order chi connectivity index (χ0) is 11.6. The van der Waals surface area contributed by atoms with Gasteiger partial charge in [-0.2, -0.15) is 0 Å². The Labute approximate surface area is 85.2 Å². The van der Waals surface area contributed by atoms with E-state index >= 15 is 0 Å². The minimum absolute atomic E-state index is 0.137. The van der Waals surface area contributed by atoms with E-state index in [4.69, 9.17) is 14.9 Å². The molecule has 0 radical (unpaired) electrons. The summed E-state index contributed by atoms with van der Waals surface area (Å²) >= 11 is 0. The molecule has 4 atom stereocenters. The quantitative estimate of drug-likeness (QED) is 0.583. The first-order valence-corrected chi connectivity index (χ1v) is 4.57. The molecular weight excluding hydrogens is 214 g/mol. The third-order valence-electron chi connectivity index (χ3n) is 2.22. The van der Waals surface area contributed by atoms with Gasteiger partial charge in [-0.15, -0.1) is 0 Å². The van der Waals surface area contributed by atoms with Gasteiger partial charge in [-0.1, -0.05) is 0 Å². The summed E-state index contributed by atoms with van der Waals surface area (Å²) in [5, 5.41) is 27.1. The van der Waals surface area contributed by atoms with Crippen molar-refractivity contribution < 1.29 is 33.6 Å². The van der Waals surface area contributed by atoms with Crippen LogP contribution in [0, 0.1) is 0 Å². The molecule has 0 aromatic heterocycles. The van der Waals surface area contributed by atoms with Crippen LogP contribution in [0.5, 0.6) is 0 Å². The Balaban J connectivity index is 2.78. The van der Waals surface area contributed by atoms with E-state index in [-0.39, 0.29) is 6.61 Å². The molecule has 1 heterocycles. The number of alkyl halides is 2. The summed E-state index contributed by atoms with van der Waals surface area (Å²) in [6, 6.07) is 0. The molecule has 0 aromatic rings. The Morgan fingerprint density at radius 2 is 2.00 bits per heavy atom. The molecule has 1 rings (SSSR count). The van der Waals surface area contributed by atoms with Gasteiger partial charge in [0.2, 0.25) is 0 Å². The third kappa shape index (κ3) is 2.26. The maximum absolute atomic E-state index is 13.2. The predicted octanol–water partition coefficient (Wildman–Crippen LogP) is -0.903. The van der Waals surface area contributed by atoms with Crippen LogP contribution in [0.25, 0.3) is 0 Å². The highest BCUT2D eigenvalue weighted by atomic mass is 19.3. The second-order valence-corrected chi connectivity index (χ2v) is 3.24. The number of hydrogen-bond acceptors (Lipinski definition) is 5. The van der Waals surface area contributed by atoms with Crippen molar-refractivity contribution in [1.29, 1.82) is 0 Å². The second kappa shape index (κ2) is 4.67. The molecule has 1 aliphatic heterocycles. The van der Waals surface area contributed by atoms with Gasteiger partial charge >= 0.3 is 5.92 Å². The molecule has 90 valence electrons. The number of aliphatic hydroxyl groups excluding tert-OH is 3. The van der Waals surface area contributed by atoms with E-state index in [2.05, 4.69) is 4.74 Å². The molecule has 0 aromatic carbocycles. The number of ether oxygens (including phenoxy) is 2. The van der Waals surface area contributed by atoms with E-state index in [1.807, 2.05) is 0 Å². The summed E-state index contributed by atoms with van der Waals surface area (Å²) in [6.45, 7) is 0.766. The van der Waals surface area contributed by atoms with Crippen LogP contribution in [-0.2, 0) is 9.47 Å². The predicted molar refractivity (Wildman–Crippen MR) is 44.3 cm³/mol. The minimum atomic E-state index is -3.69. The van der Waals surface area contributed by atoms with Crippen molar-refractivity contribution in [1.82, 2.24) is 0 Å². The summed E-state index contributed by atoms with van der Waals surface area (Å²) in [7, 11) is 0. The number of rotatable bonds is 3. The van der Waals surface area contributed by atoms with Crippen molar-refractivity contribution in [2.24, 2.45) is 0 Å². The summed E-state index contributed by atoms with van der Waals surface area (Å²) in [5.41, 5.74) is 0. The molecule has 15 heavy (non-hydrogen) atoms. The van der Waals surface area contributed by atoms with Crippen molar-refractivity contribution in [2.75, 3.05) is 13.2 Å². The molecule has 0 unspecified atom stereocenters. The molecule has 0 aliphatic carbocycles. The number of hydrogen-bond donors (Lipinski definition) is 3.